The van der Waals surface area contributed by atoms with E-state index >= 15 is 0 Å². The number of thiazole rings is 1. The number of nitrogens with zero attached hydrogens (tertiary/aromatic N) is 2. The molecule has 0 amide bonds. The molecule has 0 saturated heterocycles. The van der Waals surface area contributed by atoms with E-state index in [1.54, 1.807) is 60.5 Å². The van der Waals surface area contributed by atoms with Gasteiger partial charge in [-0.3, -0.25) is 9.36 Å². The third-order valence-electron chi connectivity index (χ3n) is 5.48. The van der Waals surface area contributed by atoms with Crippen LogP contribution < -0.4 is 24.7 Å². The Morgan fingerprint density at radius 3 is 2.47 bits per heavy atom. The topological polar surface area (TPSA) is 110 Å². The van der Waals surface area contributed by atoms with Crippen molar-refractivity contribution in [3.63, 3.8) is 0 Å². The number of allylic oxidation sites excluding steroid dienone is 1. The van der Waals surface area contributed by atoms with Crippen molar-refractivity contribution < 1.29 is 24.2 Å². The van der Waals surface area contributed by atoms with Gasteiger partial charge in [0, 0.05) is 4.90 Å². The summed E-state index contributed by atoms with van der Waals surface area (Å²) in [4.78, 5) is 43.3. The van der Waals surface area contributed by atoms with E-state index in [0.717, 1.165) is 16.0 Å². The van der Waals surface area contributed by atoms with E-state index in [-0.39, 0.29) is 12.2 Å². The molecule has 0 aliphatic carbocycles. The van der Waals surface area contributed by atoms with Crippen molar-refractivity contribution >= 4 is 41.1 Å². The number of thioether (sulfide) groups is 1. The van der Waals surface area contributed by atoms with Crippen LogP contribution in [0.15, 0.2) is 74.5 Å². The highest BCUT2D eigenvalue weighted by Gasteiger charge is 2.33. The first-order valence-electron chi connectivity index (χ1n) is 11.1. The van der Waals surface area contributed by atoms with Crippen LogP contribution in [0, 0.1) is 0 Å². The normalized spacial score (nSPS) is 15.3. The number of carboxylic acid groups (broad SMARTS) is 1. The second-order valence-corrected chi connectivity index (χ2v) is 9.69. The molecule has 0 radical (unpaired) electrons. The third kappa shape index (κ3) is 5.29. The average Bonchev–Trinajstić information content (AvgIpc) is 3.17. The van der Waals surface area contributed by atoms with Crippen LogP contribution in [0.2, 0.25) is 0 Å². The van der Waals surface area contributed by atoms with Crippen molar-refractivity contribution in [1.82, 2.24) is 4.57 Å². The minimum Gasteiger partial charge on any atom is -0.546 e. The number of ether oxygens (including phenoxy) is 2. The number of carboxylic acids is 1. The Morgan fingerprint density at radius 1 is 1.17 bits per heavy atom. The summed E-state index contributed by atoms with van der Waals surface area (Å²) in [5, 5.41) is 10.6. The minimum atomic E-state index is -1.31. The van der Waals surface area contributed by atoms with Gasteiger partial charge in [0.15, 0.2) is 4.80 Å². The van der Waals surface area contributed by atoms with E-state index < -0.39 is 24.6 Å². The van der Waals surface area contributed by atoms with Crippen LogP contribution in [0.25, 0.3) is 6.08 Å². The van der Waals surface area contributed by atoms with Gasteiger partial charge in [-0.05, 0) is 61.6 Å². The van der Waals surface area contributed by atoms with Crippen LogP contribution in [-0.4, -0.2) is 36.0 Å². The molecule has 0 bridgehead atoms. The molecule has 8 nitrogen and oxygen atoms in total. The Kier molecular flexibility index (Phi) is 7.76. The van der Waals surface area contributed by atoms with Gasteiger partial charge < -0.3 is 19.4 Å². The fourth-order valence-corrected chi connectivity index (χ4v) is 5.30. The first-order valence-corrected chi connectivity index (χ1v) is 13.1. The molecule has 36 heavy (non-hydrogen) atoms. The number of esters is 1. The van der Waals surface area contributed by atoms with Gasteiger partial charge in [-0.15, -0.1) is 11.8 Å². The average molecular weight is 524 g/mol. The van der Waals surface area contributed by atoms with Gasteiger partial charge in [0.1, 0.15) is 12.4 Å². The van der Waals surface area contributed by atoms with Crippen LogP contribution in [-0.2, 0) is 14.3 Å². The molecule has 2 heterocycles. The Morgan fingerprint density at radius 2 is 1.86 bits per heavy atom. The summed E-state index contributed by atoms with van der Waals surface area (Å²) in [5.41, 5.74) is 2.08. The summed E-state index contributed by atoms with van der Waals surface area (Å²) < 4.78 is 12.4. The number of benzene rings is 2. The van der Waals surface area contributed by atoms with Crippen LogP contribution in [0.1, 0.15) is 31.0 Å². The Balaban J connectivity index is 1.81. The van der Waals surface area contributed by atoms with E-state index in [1.807, 2.05) is 30.5 Å². The minimum absolute atomic E-state index is 0.209. The molecule has 1 atom stereocenters. The van der Waals surface area contributed by atoms with Gasteiger partial charge in [0.05, 0.1) is 34.4 Å². The summed E-state index contributed by atoms with van der Waals surface area (Å²) in [6.07, 6.45) is 3.71. The van der Waals surface area contributed by atoms with Crippen molar-refractivity contribution in [2.45, 2.75) is 24.8 Å². The predicted molar refractivity (Wildman–Crippen MR) is 136 cm³/mol. The SMILES string of the molecule is CCOC(=O)C1=C(C)N=c2s/c(=C\c3ccc(OCC(=O)[O-])cc3)c(=O)n2[C@@H]1c1ccc(SC)cc1. The Hall–Kier alpha value is -3.63. The van der Waals surface area contributed by atoms with Gasteiger partial charge in [0.25, 0.3) is 5.56 Å². The molecule has 0 spiro atoms. The van der Waals surface area contributed by atoms with Crippen molar-refractivity contribution in [3.8, 4) is 5.75 Å². The molecule has 0 saturated carbocycles. The quantitative estimate of drug-likeness (QED) is 0.326. The van der Waals surface area contributed by atoms with Crippen LogP contribution in [0.3, 0.4) is 0 Å². The molecule has 0 N–H and O–H groups in total. The maximum Gasteiger partial charge on any atom is 0.338 e. The number of carbonyl (C=O) groups excluding carboxylic acids is 2. The fourth-order valence-electron chi connectivity index (χ4n) is 3.85. The summed E-state index contributed by atoms with van der Waals surface area (Å²) in [6, 6.07) is 13.7. The van der Waals surface area contributed by atoms with Gasteiger partial charge in [-0.25, -0.2) is 9.79 Å². The highest BCUT2D eigenvalue weighted by atomic mass is 32.2. The number of hydrogen-bond acceptors (Lipinski definition) is 9. The van der Waals surface area contributed by atoms with E-state index in [2.05, 4.69) is 4.99 Å². The number of aromatic nitrogens is 1. The maximum absolute atomic E-state index is 13.6. The lowest BCUT2D eigenvalue weighted by molar-refractivity contribution is -0.307. The highest BCUT2D eigenvalue weighted by molar-refractivity contribution is 7.98. The molecule has 3 aromatic rings. The van der Waals surface area contributed by atoms with Crippen LogP contribution in [0.4, 0.5) is 0 Å². The molecular weight excluding hydrogens is 500 g/mol. The second kappa shape index (κ2) is 11.0. The zero-order valence-corrected chi connectivity index (χ0v) is 21.5. The van der Waals surface area contributed by atoms with E-state index in [1.165, 1.54) is 11.3 Å². The number of rotatable bonds is 8. The molecular formula is C26H23N2O6S2-. The predicted octanol–water partition coefficient (Wildman–Crippen LogP) is 1.65. The molecule has 0 unspecified atom stereocenters. The number of aliphatic carboxylic acids is 1. The third-order valence-corrected chi connectivity index (χ3v) is 7.21. The van der Waals surface area contributed by atoms with Gasteiger partial charge in [0.2, 0.25) is 0 Å². The molecule has 4 rings (SSSR count). The van der Waals surface area contributed by atoms with E-state index in [4.69, 9.17) is 9.47 Å². The summed E-state index contributed by atoms with van der Waals surface area (Å²) in [6.45, 7) is 3.15. The molecule has 2 aromatic carbocycles. The Labute approximate surface area is 215 Å². The number of hydrogen-bond donors (Lipinski definition) is 0. The lowest BCUT2D eigenvalue weighted by Gasteiger charge is -2.24. The van der Waals surface area contributed by atoms with Crippen LogP contribution in [0.5, 0.6) is 5.75 Å². The molecule has 1 aliphatic heterocycles. The fraction of sp³-hybridized carbons (Fsp3) is 0.231. The summed E-state index contributed by atoms with van der Waals surface area (Å²) in [7, 11) is 0. The van der Waals surface area contributed by atoms with E-state index in [0.29, 0.717) is 26.4 Å². The van der Waals surface area contributed by atoms with E-state index in [9.17, 15) is 19.5 Å². The second-order valence-electron chi connectivity index (χ2n) is 7.81. The largest absolute Gasteiger partial charge is 0.546 e. The number of carbonyl (C=O) groups is 2. The molecule has 10 heteroatoms. The van der Waals surface area contributed by atoms with Gasteiger partial charge in [-0.1, -0.05) is 35.6 Å². The lowest BCUT2D eigenvalue weighted by atomic mass is 9.96. The van der Waals surface area contributed by atoms with Gasteiger partial charge >= 0.3 is 5.97 Å². The zero-order chi connectivity index (χ0) is 25.8. The molecule has 1 aliphatic rings. The first-order chi connectivity index (χ1) is 17.3. The van der Waals surface area contributed by atoms with Gasteiger partial charge in [-0.2, -0.15) is 0 Å². The number of fused-ring (bicyclic) bond motifs is 1. The van der Waals surface area contributed by atoms with Crippen molar-refractivity contribution in [2.24, 2.45) is 4.99 Å². The summed E-state index contributed by atoms with van der Waals surface area (Å²) in [5.74, 6) is -1.43. The highest BCUT2D eigenvalue weighted by Crippen LogP contribution is 2.31. The van der Waals surface area contributed by atoms with Crippen molar-refractivity contribution in [1.29, 1.82) is 0 Å². The maximum atomic E-state index is 13.6. The standard InChI is InChI=1S/C26H24N2O6S2/c1-4-33-25(32)22-15(2)27-26-28(23(22)17-7-11-19(35-3)12-8-17)24(31)20(36-26)13-16-5-9-18(10-6-16)34-14-21(29)30/h5-13,23H,4,14H2,1-3H3,(H,29,30)/p-1/b20-13-/t23-/m1/s1. The molecule has 0 fully saturated rings. The smallest absolute Gasteiger partial charge is 0.338 e. The monoisotopic (exact) mass is 523 g/mol. The van der Waals surface area contributed by atoms with Crippen LogP contribution >= 0.6 is 23.1 Å². The summed E-state index contributed by atoms with van der Waals surface area (Å²) >= 11 is 2.84. The van der Waals surface area contributed by atoms with Crippen molar-refractivity contribution in [2.75, 3.05) is 19.5 Å². The molecule has 1 aromatic heterocycles. The molecule has 186 valence electrons. The Bertz CT molecular complexity index is 1500. The van der Waals surface area contributed by atoms with Crippen molar-refractivity contribution in [3.05, 3.63) is 90.6 Å². The first kappa shape index (κ1) is 25.5. The lowest BCUT2D eigenvalue weighted by Crippen LogP contribution is -2.39. The zero-order valence-electron chi connectivity index (χ0n) is 19.8.